The molecule has 0 radical (unpaired) electrons. The number of hydrogen-bond acceptors (Lipinski definition) is 4. The van der Waals surface area contributed by atoms with E-state index in [1.54, 1.807) is 29.2 Å². The van der Waals surface area contributed by atoms with Crippen molar-refractivity contribution in [3.63, 3.8) is 0 Å². The molecule has 0 spiro atoms. The Morgan fingerprint density at radius 2 is 1.96 bits per heavy atom. The summed E-state index contributed by atoms with van der Waals surface area (Å²) < 4.78 is 1.49. The van der Waals surface area contributed by atoms with Crippen molar-refractivity contribution in [2.24, 2.45) is 5.92 Å². The molecule has 2 aliphatic rings. The van der Waals surface area contributed by atoms with E-state index in [4.69, 9.17) is 0 Å². The molecule has 0 bridgehead atoms. The number of carbonyl (C=O) groups is 2. The van der Waals surface area contributed by atoms with E-state index in [0.717, 1.165) is 25.7 Å². The van der Waals surface area contributed by atoms with E-state index >= 15 is 0 Å². The first-order chi connectivity index (χ1) is 12.6. The summed E-state index contributed by atoms with van der Waals surface area (Å²) in [4.78, 5) is 38.3. The SMILES string of the molecule is O=C(O)[C@@H]1C[C@@H]2CCCC[C@H]2N1C(=O)Cn1ncc(=O)c2ccccc21. The van der Waals surface area contributed by atoms with E-state index < -0.39 is 12.0 Å². The summed E-state index contributed by atoms with van der Waals surface area (Å²) in [6, 6.07) is 6.25. The zero-order valence-corrected chi connectivity index (χ0v) is 14.4. The Morgan fingerprint density at radius 1 is 1.19 bits per heavy atom. The quantitative estimate of drug-likeness (QED) is 0.904. The molecular formula is C19H21N3O4. The largest absolute Gasteiger partial charge is 0.480 e. The number of carboxylic acids is 1. The van der Waals surface area contributed by atoms with E-state index in [1.807, 2.05) is 0 Å². The second-order valence-electron chi connectivity index (χ2n) is 7.19. The van der Waals surface area contributed by atoms with Crippen molar-refractivity contribution in [3.8, 4) is 0 Å². The van der Waals surface area contributed by atoms with Crippen LogP contribution in [0.3, 0.4) is 0 Å². The molecule has 2 fully saturated rings. The van der Waals surface area contributed by atoms with Gasteiger partial charge in [0.25, 0.3) is 0 Å². The van der Waals surface area contributed by atoms with Crippen LogP contribution in [0.4, 0.5) is 0 Å². The Labute approximate surface area is 150 Å². The number of amides is 1. The van der Waals surface area contributed by atoms with Crippen molar-refractivity contribution < 1.29 is 14.7 Å². The van der Waals surface area contributed by atoms with E-state index in [-0.39, 0.29) is 29.8 Å². The maximum atomic E-state index is 13.0. The number of aromatic nitrogens is 2. The predicted octanol–water partition coefficient (Wildman–Crippen LogP) is 1.64. The molecule has 7 heteroatoms. The normalized spacial score (nSPS) is 25.2. The number of carbonyl (C=O) groups excluding carboxylic acids is 1. The molecule has 4 rings (SSSR count). The number of aliphatic carboxylic acids is 1. The van der Waals surface area contributed by atoms with Crippen molar-refractivity contribution >= 4 is 22.8 Å². The standard InChI is InChI=1S/C19H21N3O4/c23-17-10-20-21(15-8-4-2-6-13(15)17)11-18(24)22-14-7-3-1-5-12(14)9-16(22)19(25)26/h2,4,6,8,10,12,14,16H,1,3,5,7,9,11H2,(H,25,26)/t12-,14+,16-/m0/s1. The lowest BCUT2D eigenvalue weighted by Gasteiger charge is -2.33. The molecule has 1 saturated heterocycles. The van der Waals surface area contributed by atoms with Crippen molar-refractivity contribution in [2.45, 2.75) is 50.7 Å². The van der Waals surface area contributed by atoms with Crippen LogP contribution in [0.1, 0.15) is 32.1 Å². The van der Waals surface area contributed by atoms with Crippen molar-refractivity contribution in [1.29, 1.82) is 0 Å². The second kappa shape index (κ2) is 6.55. The Balaban J connectivity index is 1.66. The van der Waals surface area contributed by atoms with E-state index in [0.29, 0.717) is 17.3 Å². The van der Waals surface area contributed by atoms with Crippen LogP contribution in [0.5, 0.6) is 0 Å². The molecule has 0 unspecified atom stereocenters. The van der Waals surface area contributed by atoms with Gasteiger partial charge in [0.05, 0.1) is 11.7 Å². The first-order valence-corrected chi connectivity index (χ1v) is 9.05. The van der Waals surface area contributed by atoms with Crippen molar-refractivity contribution in [2.75, 3.05) is 0 Å². The number of fused-ring (bicyclic) bond motifs is 2. The summed E-state index contributed by atoms with van der Waals surface area (Å²) in [5, 5.41) is 14.2. The van der Waals surface area contributed by atoms with Crippen LogP contribution in [-0.4, -0.2) is 43.7 Å². The predicted molar refractivity (Wildman–Crippen MR) is 94.6 cm³/mol. The van der Waals surface area contributed by atoms with Gasteiger partial charge in [-0.15, -0.1) is 0 Å². The highest BCUT2D eigenvalue weighted by atomic mass is 16.4. The smallest absolute Gasteiger partial charge is 0.326 e. The molecule has 2 aromatic rings. The first kappa shape index (κ1) is 16.8. The second-order valence-corrected chi connectivity index (χ2v) is 7.19. The topological polar surface area (TPSA) is 92.5 Å². The lowest BCUT2D eigenvalue weighted by Crippen LogP contribution is -2.47. The number of benzene rings is 1. The van der Waals surface area contributed by atoms with Crippen molar-refractivity contribution in [1.82, 2.24) is 14.7 Å². The molecule has 1 aromatic carbocycles. The van der Waals surface area contributed by atoms with Crippen LogP contribution >= 0.6 is 0 Å². The third-order valence-electron chi connectivity index (χ3n) is 5.71. The average molecular weight is 355 g/mol. The van der Waals surface area contributed by atoms with Gasteiger partial charge in [0.2, 0.25) is 11.3 Å². The lowest BCUT2D eigenvalue weighted by atomic mass is 9.85. The Morgan fingerprint density at radius 3 is 2.77 bits per heavy atom. The first-order valence-electron chi connectivity index (χ1n) is 9.05. The monoisotopic (exact) mass is 355 g/mol. The van der Waals surface area contributed by atoms with Gasteiger partial charge in [-0.25, -0.2) is 4.79 Å². The molecule has 7 nitrogen and oxygen atoms in total. The van der Waals surface area contributed by atoms with Crippen molar-refractivity contribution in [3.05, 3.63) is 40.7 Å². The van der Waals surface area contributed by atoms with E-state index in [1.165, 1.54) is 10.9 Å². The highest BCUT2D eigenvalue weighted by Crippen LogP contribution is 2.40. The molecule has 1 N–H and O–H groups in total. The lowest BCUT2D eigenvalue weighted by molar-refractivity contribution is -0.150. The maximum absolute atomic E-state index is 13.0. The average Bonchev–Trinajstić information content (AvgIpc) is 3.04. The van der Waals surface area contributed by atoms with Crippen LogP contribution < -0.4 is 5.43 Å². The number of hydrogen-bond donors (Lipinski definition) is 1. The molecular weight excluding hydrogens is 334 g/mol. The zero-order chi connectivity index (χ0) is 18.3. The Kier molecular flexibility index (Phi) is 4.22. The minimum Gasteiger partial charge on any atom is -0.480 e. The number of nitrogens with zero attached hydrogens (tertiary/aromatic N) is 3. The zero-order valence-electron chi connectivity index (χ0n) is 14.4. The molecule has 1 saturated carbocycles. The van der Waals surface area contributed by atoms with Crippen LogP contribution in [0.2, 0.25) is 0 Å². The molecule has 1 aromatic heterocycles. The van der Waals surface area contributed by atoms with Gasteiger partial charge < -0.3 is 10.0 Å². The summed E-state index contributed by atoms with van der Waals surface area (Å²) >= 11 is 0. The van der Waals surface area contributed by atoms with E-state index in [9.17, 15) is 19.5 Å². The minimum absolute atomic E-state index is 0.00277. The van der Waals surface area contributed by atoms with Gasteiger partial charge in [-0.3, -0.25) is 14.3 Å². The summed E-state index contributed by atoms with van der Waals surface area (Å²) in [7, 11) is 0. The highest BCUT2D eigenvalue weighted by molar-refractivity contribution is 5.86. The van der Waals surface area contributed by atoms with Gasteiger partial charge in [-0.2, -0.15) is 5.10 Å². The van der Waals surface area contributed by atoms with Crippen LogP contribution in [0.25, 0.3) is 10.9 Å². The highest BCUT2D eigenvalue weighted by Gasteiger charge is 2.47. The fourth-order valence-corrected chi connectivity index (χ4v) is 4.54. The number of rotatable bonds is 3. The third-order valence-corrected chi connectivity index (χ3v) is 5.71. The van der Waals surface area contributed by atoms with Gasteiger partial charge in [0, 0.05) is 11.4 Å². The molecule has 1 amide bonds. The summed E-state index contributed by atoms with van der Waals surface area (Å²) in [6.45, 7) is -0.0617. The van der Waals surface area contributed by atoms with E-state index in [2.05, 4.69) is 5.10 Å². The summed E-state index contributed by atoms with van der Waals surface area (Å²) in [5.41, 5.74) is 0.390. The van der Waals surface area contributed by atoms with Gasteiger partial charge in [-0.1, -0.05) is 25.0 Å². The van der Waals surface area contributed by atoms with Crippen LogP contribution in [-0.2, 0) is 16.1 Å². The van der Waals surface area contributed by atoms with Gasteiger partial charge >= 0.3 is 5.97 Å². The fraction of sp³-hybridized carbons (Fsp3) is 0.474. The number of carboxylic acid groups (broad SMARTS) is 1. The molecule has 26 heavy (non-hydrogen) atoms. The molecule has 3 atom stereocenters. The molecule has 1 aliphatic carbocycles. The summed E-state index contributed by atoms with van der Waals surface area (Å²) in [5.74, 6) is -0.911. The molecule has 136 valence electrons. The third kappa shape index (κ3) is 2.77. The fourth-order valence-electron chi connectivity index (χ4n) is 4.54. The number of likely N-dealkylation sites (tertiary alicyclic amines) is 1. The van der Waals surface area contributed by atoms with Crippen LogP contribution in [0.15, 0.2) is 35.3 Å². The molecule has 2 heterocycles. The maximum Gasteiger partial charge on any atom is 0.326 e. The Hall–Kier alpha value is -2.70. The van der Waals surface area contributed by atoms with Gasteiger partial charge in [0.1, 0.15) is 12.6 Å². The summed E-state index contributed by atoms with van der Waals surface area (Å²) in [6.07, 6.45) is 5.70. The van der Waals surface area contributed by atoms with Gasteiger partial charge in [0.15, 0.2) is 0 Å². The minimum atomic E-state index is -0.939. The molecule has 1 aliphatic heterocycles. The van der Waals surface area contributed by atoms with Gasteiger partial charge in [-0.05, 0) is 37.3 Å². The Bertz CT molecular complexity index is 922. The van der Waals surface area contributed by atoms with Crippen LogP contribution in [0, 0.1) is 5.92 Å². The number of para-hydroxylation sites is 1.